The number of sulfonamides is 1. The first kappa shape index (κ1) is 23.0. The summed E-state index contributed by atoms with van der Waals surface area (Å²) in [5.74, 6) is -0.420. The lowest BCUT2D eigenvalue weighted by Crippen LogP contribution is -2.45. The summed E-state index contributed by atoms with van der Waals surface area (Å²) in [5.41, 5.74) is 4.48. The molecule has 3 aromatic rings. The Kier molecular flexibility index (Phi) is 7.15. The summed E-state index contributed by atoms with van der Waals surface area (Å²) in [5, 5.41) is 3.36. The topological polar surface area (TPSA) is 75.3 Å². The van der Waals surface area contributed by atoms with Crippen LogP contribution in [0, 0.1) is 20.8 Å². The van der Waals surface area contributed by atoms with E-state index in [9.17, 15) is 13.2 Å². The van der Waals surface area contributed by atoms with Gasteiger partial charge >= 0.3 is 0 Å². The zero-order valence-corrected chi connectivity index (χ0v) is 19.2. The molecule has 7 heteroatoms. The molecule has 3 aromatic carbocycles. The van der Waals surface area contributed by atoms with Crippen LogP contribution < -0.4 is 10.0 Å². The lowest BCUT2D eigenvalue weighted by molar-refractivity contribution is -0.117. The van der Waals surface area contributed by atoms with Crippen molar-refractivity contribution in [2.24, 2.45) is 0 Å². The molecule has 0 aromatic heterocycles. The van der Waals surface area contributed by atoms with Crippen LogP contribution in [0.4, 0.5) is 5.69 Å². The molecule has 2 N–H and O–H groups in total. The van der Waals surface area contributed by atoms with Crippen molar-refractivity contribution in [2.75, 3.05) is 5.32 Å². The number of halogens is 1. The van der Waals surface area contributed by atoms with Crippen molar-refractivity contribution in [3.63, 3.8) is 0 Å². The summed E-state index contributed by atoms with van der Waals surface area (Å²) in [6, 6.07) is 18.1. The van der Waals surface area contributed by atoms with E-state index < -0.39 is 22.0 Å². The Hall–Kier alpha value is -2.67. The first-order valence-corrected chi connectivity index (χ1v) is 11.7. The van der Waals surface area contributed by atoms with Crippen LogP contribution in [0.5, 0.6) is 0 Å². The van der Waals surface area contributed by atoms with E-state index in [2.05, 4.69) is 10.0 Å². The number of amides is 1. The standard InChI is InChI=1S/C24H25ClN2O3S/c1-16-13-17(2)23(18(3)14-16)26-24(28)22(15-19-7-5-4-6-8-19)27-31(29,30)21-11-9-20(25)10-12-21/h4-14,22,27H,15H2,1-3H3,(H,26,28). The molecule has 1 atom stereocenters. The van der Waals surface area contributed by atoms with Gasteiger partial charge in [-0.3, -0.25) is 4.79 Å². The average Bonchev–Trinajstić information content (AvgIpc) is 2.71. The zero-order chi connectivity index (χ0) is 22.6. The molecule has 1 amide bonds. The summed E-state index contributed by atoms with van der Waals surface area (Å²) in [6.07, 6.45) is 0.212. The van der Waals surface area contributed by atoms with Crippen molar-refractivity contribution >= 4 is 33.2 Å². The van der Waals surface area contributed by atoms with Crippen LogP contribution >= 0.6 is 11.6 Å². The van der Waals surface area contributed by atoms with Crippen molar-refractivity contribution < 1.29 is 13.2 Å². The number of hydrogen-bond acceptors (Lipinski definition) is 3. The molecule has 0 heterocycles. The zero-order valence-electron chi connectivity index (χ0n) is 17.6. The third-order valence-corrected chi connectivity index (χ3v) is 6.69. The highest BCUT2D eigenvalue weighted by Gasteiger charge is 2.27. The number of benzene rings is 3. The molecule has 0 bridgehead atoms. The van der Waals surface area contributed by atoms with Crippen LogP contribution in [-0.4, -0.2) is 20.4 Å². The van der Waals surface area contributed by atoms with E-state index in [4.69, 9.17) is 11.6 Å². The molecule has 0 radical (unpaired) electrons. The number of carbonyl (C=O) groups is 1. The molecule has 0 spiro atoms. The summed E-state index contributed by atoms with van der Waals surface area (Å²) in [4.78, 5) is 13.3. The van der Waals surface area contributed by atoms with E-state index in [1.54, 1.807) is 0 Å². The van der Waals surface area contributed by atoms with Crippen LogP contribution in [0.2, 0.25) is 5.02 Å². The third-order valence-electron chi connectivity index (χ3n) is 4.95. The number of nitrogens with one attached hydrogen (secondary N) is 2. The lowest BCUT2D eigenvalue weighted by Gasteiger charge is -2.21. The van der Waals surface area contributed by atoms with Gasteiger partial charge in [-0.25, -0.2) is 8.42 Å². The molecule has 0 fully saturated rings. The summed E-state index contributed by atoms with van der Waals surface area (Å²) in [7, 11) is -3.93. The van der Waals surface area contributed by atoms with Gasteiger partial charge in [0.25, 0.3) is 0 Å². The SMILES string of the molecule is Cc1cc(C)c(NC(=O)C(Cc2ccccc2)NS(=O)(=O)c2ccc(Cl)cc2)c(C)c1. The van der Waals surface area contributed by atoms with E-state index in [1.165, 1.54) is 24.3 Å². The fraction of sp³-hybridized carbons (Fsp3) is 0.208. The molecule has 5 nitrogen and oxygen atoms in total. The second kappa shape index (κ2) is 9.64. The maximum atomic E-state index is 13.2. The highest BCUT2D eigenvalue weighted by Crippen LogP contribution is 2.23. The Labute approximate surface area is 188 Å². The molecule has 0 aliphatic carbocycles. The fourth-order valence-corrected chi connectivity index (χ4v) is 4.82. The Balaban J connectivity index is 1.91. The van der Waals surface area contributed by atoms with Crippen molar-refractivity contribution in [3.8, 4) is 0 Å². The predicted octanol–water partition coefficient (Wildman–Crippen LogP) is 4.79. The average molecular weight is 457 g/mol. The van der Waals surface area contributed by atoms with E-state index in [1.807, 2.05) is 63.2 Å². The second-order valence-electron chi connectivity index (χ2n) is 7.58. The van der Waals surface area contributed by atoms with E-state index in [0.29, 0.717) is 10.7 Å². The molecule has 162 valence electrons. The highest BCUT2D eigenvalue weighted by atomic mass is 35.5. The Morgan fingerprint density at radius 3 is 2.10 bits per heavy atom. The van der Waals surface area contributed by atoms with Crippen molar-refractivity contribution in [1.29, 1.82) is 0 Å². The van der Waals surface area contributed by atoms with Gasteiger partial charge in [-0.2, -0.15) is 4.72 Å². The van der Waals surface area contributed by atoms with Crippen molar-refractivity contribution in [3.05, 3.63) is 94.0 Å². The smallest absolute Gasteiger partial charge is 0.242 e. The lowest BCUT2D eigenvalue weighted by atomic mass is 10.0. The normalized spacial score (nSPS) is 12.4. The maximum absolute atomic E-state index is 13.2. The number of hydrogen-bond donors (Lipinski definition) is 2. The molecule has 0 saturated heterocycles. The van der Waals surface area contributed by atoms with Crippen molar-refractivity contribution in [2.45, 2.75) is 38.1 Å². The highest BCUT2D eigenvalue weighted by molar-refractivity contribution is 7.89. The maximum Gasteiger partial charge on any atom is 0.242 e. The second-order valence-corrected chi connectivity index (χ2v) is 9.73. The molecule has 0 aliphatic rings. The van der Waals surface area contributed by atoms with Crippen molar-refractivity contribution in [1.82, 2.24) is 4.72 Å². The van der Waals surface area contributed by atoms with Gasteiger partial charge in [-0.1, -0.05) is 59.6 Å². The fourth-order valence-electron chi connectivity index (χ4n) is 3.49. The van der Waals surface area contributed by atoms with Crippen LogP contribution in [0.1, 0.15) is 22.3 Å². The summed E-state index contributed by atoms with van der Waals surface area (Å²) >= 11 is 5.88. The van der Waals surface area contributed by atoms with Gasteiger partial charge in [0, 0.05) is 10.7 Å². The summed E-state index contributed by atoms with van der Waals surface area (Å²) in [6.45, 7) is 5.82. The summed E-state index contributed by atoms with van der Waals surface area (Å²) < 4.78 is 28.5. The number of anilines is 1. The molecular formula is C24H25ClN2O3S. The largest absolute Gasteiger partial charge is 0.324 e. The van der Waals surface area contributed by atoms with E-state index >= 15 is 0 Å². The number of rotatable bonds is 7. The van der Waals surface area contributed by atoms with Crippen LogP contribution in [-0.2, 0) is 21.2 Å². The quantitative estimate of drug-likeness (QED) is 0.536. The van der Waals surface area contributed by atoms with Crippen LogP contribution in [0.25, 0.3) is 0 Å². The molecule has 31 heavy (non-hydrogen) atoms. The molecule has 3 rings (SSSR count). The van der Waals surface area contributed by atoms with Crippen LogP contribution in [0.15, 0.2) is 71.6 Å². The van der Waals surface area contributed by atoms with Gasteiger partial charge in [-0.05, 0) is 68.1 Å². The molecule has 0 saturated carbocycles. The third kappa shape index (κ3) is 5.94. The first-order valence-electron chi connectivity index (χ1n) is 9.86. The predicted molar refractivity (Wildman–Crippen MR) is 125 cm³/mol. The van der Waals surface area contributed by atoms with E-state index in [0.717, 1.165) is 22.3 Å². The van der Waals surface area contributed by atoms with Gasteiger partial charge in [0.1, 0.15) is 6.04 Å². The van der Waals surface area contributed by atoms with Crippen LogP contribution in [0.3, 0.4) is 0 Å². The Morgan fingerprint density at radius 2 is 1.52 bits per heavy atom. The number of aryl methyl sites for hydroxylation is 3. The van der Waals surface area contributed by atoms with E-state index in [-0.39, 0.29) is 11.3 Å². The molecule has 0 aliphatic heterocycles. The van der Waals surface area contributed by atoms with Gasteiger partial charge in [0.2, 0.25) is 15.9 Å². The van der Waals surface area contributed by atoms with Gasteiger partial charge in [-0.15, -0.1) is 0 Å². The molecule has 1 unspecified atom stereocenters. The minimum Gasteiger partial charge on any atom is -0.324 e. The minimum absolute atomic E-state index is 0.0467. The first-order chi connectivity index (χ1) is 14.7. The number of carbonyl (C=O) groups excluding carboxylic acids is 1. The Morgan fingerprint density at radius 1 is 0.935 bits per heavy atom. The minimum atomic E-state index is -3.93. The monoisotopic (exact) mass is 456 g/mol. The molecular weight excluding hydrogens is 432 g/mol. The Bertz CT molecular complexity index is 1150. The van der Waals surface area contributed by atoms with Gasteiger partial charge in [0.05, 0.1) is 4.90 Å². The van der Waals surface area contributed by atoms with Gasteiger partial charge < -0.3 is 5.32 Å². The van der Waals surface area contributed by atoms with Gasteiger partial charge in [0.15, 0.2) is 0 Å².